The van der Waals surface area contributed by atoms with Crippen LogP contribution in [0.3, 0.4) is 0 Å². The third-order valence-corrected chi connectivity index (χ3v) is 5.69. The third-order valence-electron chi connectivity index (χ3n) is 4.33. The van der Waals surface area contributed by atoms with Crippen molar-refractivity contribution >= 4 is 51.5 Å². The number of carbonyl (C=O) groups is 1. The van der Waals surface area contributed by atoms with E-state index >= 15 is 0 Å². The molecule has 29 heavy (non-hydrogen) atoms. The number of hydrogen-bond donors (Lipinski definition) is 2. The second kappa shape index (κ2) is 9.84. The molecule has 0 saturated heterocycles. The fourth-order valence-electron chi connectivity index (χ4n) is 2.71. The highest BCUT2D eigenvalue weighted by atomic mass is 127. The predicted octanol–water partition coefficient (Wildman–Crippen LogP) is 5.61. The standard InChI is InChI=1S/C23H21IN2O2S/c1-15-12-21(16(2)11-20(15)24)25-23(29)26-22(27)18-9-6-10-19(13-18)28-14-17-7-4-3-5-8-17/h3-13H,14H2,1-2H3,(H2,25,26,27,29). The number of thiocarbonyl (C=S) groups is 1. The van der Waals surface area contributed by atoms with Crippen molar-refractivity contribution in [2.45, 2.75) is 20.5 Å². The summed E-state index contributed by atoms with van der Waals surface area (Å²) in [5.74, 6) is 0.344. The second-order valence-electron chi connectivity index (χ2n) is 6.63. The van der Waals surface area contributed by atoms with E-state index in [-0.39, 0.29) is 11.0 Å². The predicted molar refractivity (Wildman–Crippen MR) is 130 cm³/mol. The van der Waals surface area contributed by atoms with E-state index in [1.165, 1.54) is 3.57 Å². The first-order valence-electron chi connectivity index (χ1n) is 9.08. The zero-order valence-corrected chi connectivity index (χ0v) is 19.1. The normalized spacial score (nSPS) is 10.3. The lowest BCUT2D eigenvalue weighted by Crippen LogP contribution is -2.34. The maximum Gasteiger partial charge on any atom is 0.257 e. The summed E-state index contributed by atoms with van der Waals surface area (Å²) in [5, 5.41) is 6.09. The molecule has 0 aliphatic rings. The fraction of sp³-hybridized carbons (Fsp3) is 0.130. The van der Waals surface area contributed by atoms with E-state index in [4.69, 9.17) is 17.0 Å². The van der Waals surface area contributed by atoms with E-state index in [9.17, 15) is 4.79 Å². The zero-order chi connectivity index (χ0) is 20.8. The second-order valence-corrected chi connectivity index (χ2v) is 8.20. The first-order chi connectivity index (χ1) is 13.9. The molecule has 3 rings (SSSR count). The van der Waals surface area contributed by atoms with Crippen molar-refractivity contribution in [3.63, 3.8) is 0 Å². The topological polar surface area (TPSA) is 50.4 Å². The first kappa shape index (κ1) is 21.3. The van der Waals surface area contributed by atoms with Crippen LogP contribution in [0.5, 0.6) is 5.75 Å². The van der Waals surface area contributed by atoms with Gasteiger partial charge < -0.3 is 10.1 Å². The van der Waals surface area contributed by atoms with Crippen molar-refractivity contribution in [3.05, 3.63) is 92.6 Å². The number of carbonyl (C=O) groups excluding carboxylic acids is 1. The van der Waals surface area contributed by atoms with Gasteiger partial charge in [0.1, 0.15) is 12.4 Å². The molecule has 3 aromatic carbocycles. The molecule has 3 aromatic rings. The van der Waals surface area contributed by atoms with Crippen LogP contribution in [0.15, 0.2) is 66.7 Å². The first-order valence-corrected chi connectivity index (χ1v) is 10.6. The maximum atomic E-state index is 12.6. The highest BCUT2D eigenvalue weighted by Gasteiger charge is 2.11. The van der Waals surface area contributed by atoms with Crippen LogP contribution in [0.4, 0.5) is 5.69 Å². The summed E-state index contributed by atoms with van der Waals surface area (Å²) in [6.07, 6.45) is 0. The summed E-state index contributed by atoms with van der Waals surface area (Å²) in [4.78, 5) is 12.6. The number of benzene rings is 3. The minimum Gasteiger partial charge on any atom is -0.489 e. The van der Waals surface area contributed by atoms with Crippen LogP contribution in [0.25, 0.3) is 0 Å². The van der Waals surface area contributed by atoms with Crippen LogP contribution >= 0.6 is 34.8 Å². The van der Waals surface area contributed by atoms with Crippen LogP contribution < -0.4 is 15.4 Å². The number of hydrogen-bond acceptors (Lipinski definition) is 3. The Balaban J connectivity index is 1.61. The lowest BCUT2D eigenvalue weighted by Gasteiger charge is -2.14. The van der Waals surface area contributed by atoms with E-state index in [2.05, 4.69) is 39.3 Å². The molecule has 0 aliphatic carbocycles. The van der Waals surface area contributed by atoms with Crippen LogP contribution in [0.1, 0.15) is 27.0 Å². The average Bonchev–Trinajstić information content (AvgIpc) is 2.71. The smallest absolute Gasteiger partial charge is 0.257 e. The highest BCUT2D eigenvalue weighted by molar-refractivity contribution is 14.1. The van der Waals surface area contributed by atoms with Gasteiger partial charge >= 0.3 is 0 Å². The van der Waals surface area contributed by atoms with Crippen molar-refractivity contribution in [1.82, 2.24) is 5.32 Å². The molecule has 0 bridgehead atoms. The van der Waals surface area contributed by atoms with Crippen molar-refractivity contribution < 1.29 is 9.53 Å². The van der Waals surface area contributed by atoms with Crippen LogP contribution in [0.2, 0.25) is 0 Å². The third kappa shape index (κ3) is 6.01. The minimum absolute atomic E-state index is 0.259. The van der Waals surface area contributed by atoms with E-state index < -0.39 is 0 Å². The molecule has 2 N–H and O–H groups in total. The zero-order valence-electron chi connectivity index (χ0n) is 16.2. The lowest BCUT2D eigenvalue weighted by molar-refractivity contribution is 0.0977. The van der Waals surface area contributed by atoms with Gasteiger partial charge in [0, 0.05) is 14.8 Å². The molecule has 0 saturated carbocycles. The summed E-state index contributed by atoms with van der Waals surface area (Å²) >= 11 is 7.62. The van der Waals surface area contributed by atoms with E-state index in [1.54, 1.807) is 18.2 Å². The molecule has 0 aromatic heterocycles. The van der Waals surface area contributed by atoms with Crippen LogP contribution in [-0.4, -0.2) is 11.0 Å². The van der Waals surface area contributed by atoms with Crippen molar-refractivity contribution in [1.29, 1.82) is 0 Å². The van der Waals surface area contributed by atoms with Crippen molar-refractivity contribution in [2.75, 3.05) is 5.32 Å². The number of amides is 1. The molecule has 0 unspecified atom stereocenters. The van der Waals surface area contributed by atoms with Gasteiger partial charge in [-0.05, 0) is 95.7 Å². The Morgan fingerprint density at radius 2 is 1.76 bits per heavy atom. The van der Waals surface area contributed by atoms with Gasteiger partial charge in [-0.25, -0.2) is 0 Å². The number of ether oxygens (including phenoxy) is 1. The van der Waals surface area contributed by atoms with E-state index in [0.717, 1.165) is 22.4 Å². The Labute approximate surface area is 189 Å². The molecule has 0 atom stereocenters. The molecule has 0 fully saturated rings. The lowest BCUT2D eigenvalue weighted by atomic mass is 10.1. The summed E-state index contributed by atoms with van der Waals surface area (Å²) < 4.78 is 6.98. The molecule has 0 radical (unpaired) electrons. The SMILES string of the molecule is Cc1cc(NC(=S)NC(=O)c2cccc(OCc3ccccc3)c2)c(C)cc1I. The number of aryl methyl sites for hydroxylation is 2. The molecule has 0 heterocycles. The van der Waals surface area contributed by atoms with Gasteiger partial charge in [-0.2, -0.15) is 0 Å². The quantitative estimate of drug-likeness (QED) is 0.342. The molecular weight excluding hydrogens is 495 g/mol. The summed E-state index contributed by atoms with van der Waals surface area (Å²) in [6.45, 7) is 4.48. The van der Waals surface area contributed by atoms with Gasteiger partial charge in [0.15, 0.2) is 5.11 Å². The Morgan fingerprint density at radius 1 is 1.00 bits per heavy atom. The number of anilines is 1. The summed E-state index contributed by atoms with van der Waals surface area (Å²) in [6, 6.07) is 21.0. The molecule has 0 aliphatic heterocycles. The Bertz CT molecular complexity index is 1040. The van der Waals surface area contributed by atoms with Crippen LogP contribution in [0, 0.1) is 17.4 Å². The molecule has 0 spiro atoms. The number of nitrogens with one attached hydrogen (secondary N) is 2. The molecule has 4 nitrogen and oxygen atoms in total. The van der Waals surface area contributed by atoms with Gasteiger partial charge in [0.2, 0.25) is 0 Å². The molecular formula is C23H21IN2O2S. The van der Waals surface area contributed by atoms with E-state index in [0.29, 0.717) is 17.9 Å². The van der Waals surface area contributed by atoms with Gasteiger partial charge in [0.05, 0.1) is 0 Å². The fourth-order valence-corrected chi connectivity index (χ4v) is 3.54. The summed E-state index contributed by atoms with van der Waals surface area (Å²) in [5.41, 5.74) is 4.64. The number of halogens is 1. The number of rotatable bonds is 5. The highest BCUT2D eigenvalue weighted by Crippen LogP contribution is 2.22. The van der Waals surface area contributed by atoms with Gasteiger partial charge in [0.25, 0.3) is 5.91 Å². The van der Waals surface area contributed by atoms with Gasteiger partial charge in [-0.15, -0.1) is 0 Å². The molecule has 148 valence electrons. The Kier molecular flexibility index (Phi) is 7.22. The summed E-state index contributed by atoms with van der Waals surface area (Å²) in [7, 11) is 0. The van der Waals surface area contributed by atoms with Crippen molar-refractivity contribution in [2.24, 2.45) is 0 Å². The van der Waals surface area contributed by atoms with Gasteiger partial charge in [-0.1, -0.05) is 36.4 Å². The monoisotopic (exact) mass is 516 g/mol. The Morgan fingerprint density at radius 3 is 2.52 bits per heavy atom. The van der Waals surface area contributed by atoms with Gasteiger partial charge in [-0.3, -0.25) is 10.1 Å². The van der Waals surface area contributed by atoms with E-state index in [1.807, 2.05) is 56.3 Å². The minimum atomic E-state index is -0.285. The Hall–Kier alpha value is -2.45. The molecule has 1 amide bonds. The largest absolute Gasteiger partial charge is 0.489 e. The van der Waals surface area contributed by atoms with Crippen molar-refractivity contribution in [3.8, 4) is 5.75 Å². The molecule has 6 heteroatoms. The van der Waals surface area contributed by atoms with Crippen LogP contribution in [-0.2, 0) is 6.61 Å². The average molecular weight is 516 g/mol. The maximum absolute atomic E-state index is 12.6.